The maximum atomic E-state index is 13.0. The molecule has 0 radical (unpaired) electrons. The molecule has 158 valence electrons. The maximum Gasteiger partial charge on any atom is 0.254 e. The molecule has 0 spiro atoms. The Labute approximate surface area is 182 Å². The van der Waals surface area contributed by atoms with Crippen molar-refractivity contribution in [1.29, 1.82) is 0 Å². The van der Waals surface area contributed by atoms with Gasteiger partial charge in [0.15, 0.2) is 0 Å². The van der Waals surface area contributed by atoms with Gasteiger partial charge in [0.25, 0.3) is 5.91 Å². The summed E-state index contributed by atoms with van der Waals surface area (Å²) in [7, 11) is 0. The molecule has 5 rings (SSSR count). The lowest BCUT2D eigenvalue weighted by atomic mass is 10.0. The molecule has 2 amide bonds. The second-order valence-electron chi connectivity index (χ2n) is 8.55. The highest BCUT2D eigenvalue weighted by Gasteiger charge is 2.26. The zero-order chi connectivity index (χ0) is 21.2. The smallest absolute Gasteiger partial charge is 0.254 e. The first kappa shape index (κ1) is 19.8. The van der Waals surface area contributed by atoms with E-state index in [0.717, 1.165) is 51.4 Å². The summed E-state index contributed by atoms with van der Waals surface area (Å²) in [6.45, 7) is 5.21. The highest BCUT2D eigenvalue weighted by Crippen LogP contribution is 2.22. The van der Waals surface area contributed by atoms with E-state index in [2.05, 4.69) is 42.5 Å². The zero-order valence-electron chi connectivity index (χ0n) is 17.7. The Kier molecular flexibility index (Phi) is 5.43. The predicted octanol–water partition coefficient (Wildman–Crippen LogP) is 2.51. The maximum absolute atomic E-state index is 13.0. The van der Waals surface area contributed by atoms with Crippen molar-refractivity contribution in [3.8, 4) is 0 Å². The van der Waals surface area contributed by atoms with Gasteiger partial charge in [0.05, 0.1) is 26.2 Å². The Morgan fingerprint density at radius 2 is 1.61 bits per heavy atom. The Bertz CT molecular complexity index is 1100. The molecule has 2 fully saturated rings. The predicted molar refractivity (Wildman–Crippen MR) is 122 cm³/mol. The summed E-state index contributed by atoms with van der Waals surface area (Å²) >= 11 is 0. The lowest BCUT2D eigenvalue weighted by molar-refractivity contribution is -0.917. The van der Waals surface area contributed by atoms with Gasteiger partial charge in [0.2, 0.25) is 5.91 Å². The fourth-order valence-electron chi connectivity index (χ4n) is 4.81. The Balaban J connectivity index is 1.20. The molecule has 3 aromatic carbocycles. The van der Waals surface area contributed by atoms with Crippen LogP contribution in [0.4, 0.5) is 5.69 Å². The van der Waals surface area contributed by atoms with Crippen LogP contribution in [-0.2, 0) is 11.3 Å². The number of hydrogen-bond acceptors (Lipinski definition) is 2. The molecule has 5 heteroatoms. The zero-order valence-corrected chi connectivity index (χ0v) is 17.7. The molecule has 0 aromatic heterocycles. The van der Waals surface area contributed by atoms with Crippen molar-refractivity contribution in [2.45, 2.75) is 19.4 Å². The molecule has 0 saturated carbocycles. The average Bonchev–Trinajstić information content (AvgIpc) is 3.25. The quantitative estimate of drug-likeness (QED) is 0.713. The van der Waals surface area contributed by atoms with E-state index in [9.17, 15) is 9.59 Å². The van der Waals surface area contributed by atoms with E-state index in [1.54, 1.807) is 0 Å². The van der Waals surface area contributed by atoms with E-state index < -0.39 is 0 Å². The summed E-state index contributed by atoms with van der Waals surface area (Å²) in [4.78, 5) is 30.2. The van der Waals surface area contributed by atoms with Crippen LogP contribution >= 0.6 is 0 Å². The second kappa shape index (κ2) is 8.52. The number of carbonyl (C=O) groups is 2. The van der Waals surface area contributed by atoms with Gasteiger partial charge in [0, 0.05) is 29.8 Å². The fraction of sp³-hybridized carbons (Fsp3) is 0.308. The third kappa shape index (κ3) is 4.06. The number of piperazine rings is 1. The van der Waals surface area contributed by atoms with Crippen LogP contribution in [-0.4, -0.2) is 49.4 Å². The van der Waals surface area contributed by atoms with Crippen molar-refractivity contribution >= 4 is 28.3 Å². The topological polar surface area (TPSA) is 45.1 Å². The molecule has 0 unspecified atom stereocenters. The van der Waals surface area contributed by atoms with Gasteiger partial charge in [-0.1, -0.05) is 42.5 Å². The number of anilines is 1. The first-order valence-corrected chi connectivity index (χ1v) is 11.2. The third-order valence-electron chi connectivity index (χ3n) is 6.58. The van der Waals surface area contributed by atoms with Crippen LogP contribution in [0, 0.1) is 0 Å². The fourth-order valence-corrected chi connectivity index (χ4v) is 4.81. The highest BCUT2D eigenvalue weighted by molar-refractivity contribution is 5.97. The first-order valence-electron chi connectivity index (χ1n) is 11.2. The van der Waals surface area contributed by atoms with E-state index in [0.29, 0.717) is 12.0 Å². The number of benzene rings is 3. The van der Waals surface area contributed by atoms with Crippen LogP contribution in [0.5, 0.6) is 0 Å². The molecule has 2 saturated heterocycles. The van der Waals surface area contributed by atoms with Crippen LogP contribution in [0.25, 0.3) is 10.8 Å². The molecule has 2 heterocycles. The summed E-state index contributed by atoms with van der Waals surface area (Å²) in [6.07, 6.45) is 1.52. The minimum Gasteiger partial charge on any atom is -0.328 e. The molecule has 31 heavy (non-hydrogen) atoms. The molecule has 2 aliphatic heterocycles. The van der Waals surface area contributed by atoms with Crippen molar-refractivity contribution in [3.63, 3.8) is 0 Å². The highest BCUT2D eigenvalue weighted by atomic mass is 16.2. The second-order valence-corrected chi connectivity index (χ2v) is 8.55. The summed E-state index contributed by atoms with van der Waals surface area (Å²) in [5, 5.41) is 2.61. The van der Waals surface area contributed by atoms with E-state index in [1.165, 1.54) is 21.2 Å². The molecule has 3 aromatic rings. The molecular formula is C26H28N3O2+. The van der Waals surface area contributed by atoms with E-state index in [1.807, 2.05) is 34.1 Å². The van der Waals surface area contributed by atoms with E-state index in [-0.39, 0.29) is 11.8 Å². The van der Waals surface area contributed by atoms with Crippen molar-refractivity contribution in [2.24, 2.45) is 0 Å². The average molecular weight is 415 g/mol. The van der Waals surface area contributed by atoms with Gasteiger partial charge >= 0.3 is 0 Å². The Hall–Kier alpha value is -3.18. The van der Waals surface area contributed by atoms with Gasteiger partial charge in [-0.25, -0.2) is 0 Å². The number of rotatable bonds is 4. The Morgan fingerprint density at radius 3 is 2.35 bits per heavy atom. The first-order chi connectivity index (χ1) is 15.2. The SMILES string of the molecule is O=C(c1ccc(N2CCCC2=O)cc1)N1CC[NH+](Cc2cccc3ccccc23)CC1. The van der Waals surface area contributed by atoms with Crippen LogP contribution < -0.4 is 9.80 Å². The number of hydrogen-bond donors (Lipinski definition) is 1. The van der Waals surface area contributed by atoms with Gasteiger partial charge < -0.3 is 14.7 Å². The van der Waals surface area contributed by atoms with Crippen LogP contribution in [0.2, 0.25) is 0 Å². The molecule has 1 N–H and O–H groups in total. The normalized spacial score (nSPS) is 17.5. The minimum atomic E-state index is 0.0866. The van der Waals surface area contributed by atoms with Crippen molar-refractivity contribution < 1.29 is 14.5 Å². The van der Waals surface area contributed by atoms with Crippen molar-refractivity contribution in [1.82, 2.24) is 4.90 Å². The Morgan fingerprint density at radius 1 is 0.871 bits per heavy atom. The van der Waals surface area contributed by atoms with Crippen LogP contribution in [0.1, 0.15) is 28.8 Å². The summed E-state index contributed by atoms with van der Waals surface area (Å²) in [5.41, 5.74) is 2.97. The number of amides is 2. The molecule has 5 nitrogen and oxygen atoms in total. The third-order valence-corrected chi connectivity index (χ3v) is 6.58. The minimum absolute atomic E-state index is 0.0866. The number of nitrogens with zero attached hydrogens (tertiary/aromatic N) is 2. The van der Waals surface area contributed by atoms with Crippen molar-refractivity contribution in [2.75, 3.05) is 37.6 Å². The van der Waals surface area contributed by atoms with Gasteiger partial charge in [-0.3, -0.25) is 9.59 Å². The van der Waals surface area contributed by atoms with Gasteiger partial charge in [-0.2, -0.15) is 0 Å². The molecule has 0 bridgehead atoms. The monoisotopic (exact) mass is 414 g/mol. The van der Waals surface area contributed by atoms with Gasteiger partial charge in [0.1, 0.15) is 6.54 Å². The number of fused-ring (bicyclic) bond motifs is 1. The lowest BCUT2D eigenvalue weighted by Crippen LogP contribution is -3.13. The van der Waals surface area contributed by atoms with Gasteiger partial charge in [-0.05, 0) is 41.5 Å². The molecule has 2 aliphatic rings. The summed E-state index contributed by atoms with van der Waals surface area (Å²) in [5.74, 6) is 0.257. The summed E-state index contributed by atoms with van der Waals surface area (Å²) in [6, 6.07) is 22.6. The number of carbonyl (C=O) groups excluding carboxylic acids is 2. The van der Waals surface area contributed by atoms with E-state index >= 15 is 0 Å². The standard InChI is InChI=1S/C26H27N3O2/c30-25-9-4-14-29(25)23-12-10-21(11-13-23)26(31)28-17-15-27(16-18-28)19-22-7-3-6-20-5-1-2-8-24(20)22/h1-3,5-8,10-13H,4,9,14-19H2/p+1. The molecule has 0 aliphatic carbocycles. The summed E-state index contributed by atoms with van der Waals surface area (Å²) < 4.78 is 0. The van der Waals surface area contributed by atoms with Crippen LogP contribution in [0.3, 0.4) is 0 Å². The van der Waals surface area contributed by atoms with Crippen LogP contribution in [0.15, 0.2) is 66.7 Å². The number of nitrogens with one attached hydrogen (secondary N) is 1. The number of quaternary nitrogens is 1. The van der Waals surface area contributed by atoms with Crippen molar-refractivity contribution in [3.05, 3.63) is 77.9 Å². The molecule has 0 atom stereocenters. The molecular weight excluding hydrogens is 386 g/mol. The van der Waals surface area contributed by atoms with Gasteiger partial charge in [-0.15, -0.1) is 0 Å². The lowest BCUT2D eigenvalue weighted by Gasteiger charge is -2.32. The van der Waals surface area contributed by atoms with E-state index in [4.69, 9.17) is 0 Å². The largest absolute Gasteiger partial charge is 0.328 e.